The predicted molar refractivity (Wildman–Crippen MR) is 357 cm³/mol. The van der Waals surface area contributed by atoms with E-state index in [-0.39, 0.29) is 0 Å². The van der Waals surface area contributed by atoms with Gasteiger partial charge in [0.05, 0.1) is 0 Å². The van der Waals surface area contributed by atoms with Crippen molar-refractivity contribution in [1.29, 1.82) is 0 Å². The maximum atomic E-state index is 2.60. The molecule has 0 radical (unpaired) electrons. The number of fused-ring (bicyclic) bond motifs is 5. The molecule has 0 amide bonds. The quantitative estimate of drug-likeness (QED) is 0.0264. The van der Waals surface area contributed by atoms with Crippen molar-refractivity contribution < 1.29 is 0 Å². The second kappa shape index (κ2) is 36.3. The first-order valence-corrected chi connectivity index (χ1v) is 47.1. The average molecular weight is 1240 g/mol. The van der Waals surface area contributed by atoms with Crippen LogP contribution in [0.3, 0.4) is 0 Å². The molecule has 6 heterocycles. The molecule has 0 fully saturated rings. The first-order valence-electron chi connectivity index (χ1n) is 32.3. The van der Waals surface area contributed by atoms with Crippen LogP contribution in [-0.2, 0) is 12.8 Å². The van der Waals surface area contributed by atoms with E-state index in [0.717, 1.165) is 11.8 Å². The first kappa shape index (κ1) is 64.0. The molecule has 6 rings (SSSR count). The zero-order valence-electron chi connectivity index (χ0n) is 49.7. The Morgan fingerprint density at radius 1 is 0.320 bits per heavy atom. The Labute approximate surface area is 490 Å². The third-order valence-corrected chi connectivity index (χ3v) is 34.5. The second-order valence-corrected chi connectivity index (χ2v) is 46.6. The summed E-state index contributed by atoms with van der Waals surface area (Å²) in [6.07, 6.45) is 56.9. The van der Waals surface area contributed by atoms with Gasteiger partial charge in [0, 0.05) is 4.88 Å². The van der Waals surface area contributed by atoms with Gasteiger partial charge in [-0.3, -0.25) is 0 Å². The second-order valence-electron chi connectivity index (χ2n) is 24.7. The SMILES string of the molecule is CCCCCCCCCCC(CCCCCCCC)CCCCc1c(-c2ccc(C)s2)sc2c1sc1c3sc(-c4cc[c]([Sn]([CH3])([CH3])[CH3])s4)c(CCCCC(CCCCCCCC)CCCCCCCCCC)c3sc21. The van der Waals surface area contributed by atoms with Crippen molar-refractivity contribution in [3.8, 4) is 19.5 Å². The summed E-state index contributed by atoms with van der Waals surface area (Å²) < 4.78 is 11.5. The summed E-state index contributed by atoms with van der Waals surface area (Å²) in [6.45, 7) is 11.7. The van der Waals surface area contributed by atoms with Crippen LogP contribution in [-0.4, -0.2) is 18.4 Å². The van der Waals surface area contributed by atoms with Gasteiger partial charge in [0.25, 0.3) is 0 Å². The summed E-state index contributed by atoms with van der Waals surface area (Å²) >= 11 is 10.7. The van der Waals surface area contributed by atoms with E-state index in [1.807, 2.05) is 11.3 Å². The molecular weight excluding hydrogens is 1130 g/mol. The summed E-state index contributed by atoms with van der Waals surface area (Å²) in [4.78, 5) is 15.5. The molecule has 2 unspecified atom stereocenters. The average Bonchev–Trinajstić information content (AvgIpc) is 4.27. The summed E-state index contributed by atoms with van der Waals surface area (Å²) in [7, 11) is 0. The molecule has 0 aliphatic heterocycles. The monoisotopic (exact) mass is 1240 g/mol. The Kier molecular flexibility index (Phi) is 30.9. The van der Waals surface area contributed by atoms with E-state index in [1.165, 1.54) is 267 Å². The van der Waals surface area contributed by atoms with Crippen LogP contribution in [0.15, 0.2) is 24.3 Å². The van der Waals surface area contributed by atoms with Crippen LogP contribution in [0.2, 0.25) is 14.8 Å². The van der Waals surface area contributed by atoms with Crippen molar-refractivity contribution in [2.75, 3.05) is 0 Å². The number of hydrogen-bond acceptors (Lipinski definition) is 6. The maximum absolute atomic E-state index is 2.60. The van der Waals surface area contributed by atoms with Crippen molar-refractivity contribution >= 4 is 117 Å². The Morgan fingerprint density at radius 2 is 0.627 bits per heavy atom. The van der Waals surface area contributed by atoms with Crippen molar-refractivity contribution in [2.24, 2.45) is 11.8 Å². The molecule has 75 heavy (non-hydrogen) atoms. The normalized spacial score (nSPS) is 13.2. The molecular formula is C68H110S6Sn. The number of unbranched alkanes of at least 4 members (excludes halogenated alkanes) is 26. The fraction of sp³-hybridized carbons (Fsp3) is 0.735. The summed E-state index contributed by atoms with van der Waals surface area (Å²) in [5.41, 5.74) is 3.40. The van der Waals surface area contributed by atoms with E-state index < -0.39 is 18.4 Å². The molecule has 0 aliphatic rings. The fourth-order valence-corrected chi connectivity index (χ4v) is 25.9. The molecule has 0 aromatic carbocycles. The zero-order chi connectivity index (χ0) is 53.1. The number of hydrogen-bond donors (Lipinski definition) is 0. The Bertz CT molecular complexity index is 2400. The van der Waals surface area contributed by atoms with Crippen LogP contribution < -0.4 is 2.89 Å². The Balaban J connectivity index is 1.18. The molecule has 7 heteroatoms. The van der Waals surface area contributed by atoms with Crippen molar-refractivity contribution in [1.82, 2.24) is 0 Å². The zero-order valence-corrected chi connectivity index (χ0v) is 57.5. The van der Waals surface area contributed by atoms with Gasteiger partial charge in [-0.15, -0.1) is 11.3 Å². The standard InChI is InChI=1S/C65H101S6.3CH3.Sn/c1-6-10-14-18-22-24-28-32-41-52(39-30-26-20-16-12-8-3)43-34-36-45-54-58(56-47-38-50-66-56)68-62-60(54)70-65-63-61(71-64(62)65)55(59(69-63)57-49-48-51(5)67-57)46-37-35-44-53(40-31-27-21-17-13-9-4)42-33-29-25-23-19-15-11-7-2;;;;/h38,47-49,52-53H,6-37,39-46H2,1-5H3;3*1H3;. The molecule has 6 aromatic heterocycles. The van der Waals surface area contributed by atoms with Crippen LogP contribution in [0.4, 0.5) is 0 Å². The Hall–Kier alpha value is -0.221. The van der Waals surface area contributed by atoms with Gasteiger partial charge in [0.1, 0.15) is 0 Å². The van der Waals surface area contributed by atoms with E-state index in [1.54, 1.807) is 56.9 Å². The molecule has 422 valence electrons. The predicted octanol–water partition coefficient (Wildman–Crippen LogP) is 26.9. The van der Waals surface area contributed by atoms with Crippen LogP contribution >= 0.6 is 68.0 Å². The van der Waals surface area contributed by atoms with Crippen molar-refractivity contribution in [3.63, 3.8) is 0 Å². The van der Waals surface area contributed by atoms with Gasteiger partial charge in [-0.05, 0) is 25.0 Å². The van der Waals surface area contributed by atoms with Gasteiger partial charge in [0.2, 0.25) is 0 Å². The minimum absolute atomic E-state index is 0.929. The molecule has 0 nitrogen and oxygen atoms in total. The Morgan fingerprint density at radius 3 is 0.947 bits per heavy atom. The van der Waals surface area contributed by atoms with Gasteiger partial charge in [-0.25, -0.2) is 0 Å². The van der Waals surface area contributed by atoms with E-state index >= 15 is 0 Å². The molecule has 0 saturated heterocycles. The fourth-order valence-electron chi connectivity index (χ4n) is 12.2. The van der Waals surface area contributed by atoms with Gasteiger partial charge in [-0.2, -0.15) is 0 Å². The molecule has 0 bridgehead atoms. The molecule has 0 N–H and O–H groups in total. The summed E-state index contributed by atoms with van der Waals surface area (Å²) in [6, 6.07) is 9.88. The van der Waals surface area contributed by atoms with Crippen LogP contribution in [0.1, 0.15) is 288 Å². The van der Waals surface area contributed by atoms with E-state index in [4.69, 9.17) is 0 Å². The summed E-state index contributed by atoms with van der Waals surface area (Å²) in [5.74, 6) is 1.86. The molecule has 2 atom stereocenters. The third kappa shape index (κ3) is 21.2. The van der Waals surface area contributed by atoms with Crippen LogP contribution in [0, 0.1) is 18.8 Å². The minimum atomic E-state index is -2.19. The van der Waals surface area contributed by atoms with Crippen LogP contribution in [0.25, 0.3) is 47.7 Å². The molecule has 0 aliphatic carbocycles. The van der Waals surface area contributed by atoms with Crippen molar-refractivity contribution in [2.45, 2.75) is 306 Å². The molecule has 0 spiro atoms. The third-order valence-electron chi connectivity index (χ3n) is 16.9. The first-order chi connectivity index (χ1) is 36.7. The van der Waals surface area contributed by atoms with E-state index in [0.29, 0.717) is 0 Å². The van der Waals surface area contributed by atoms with Crippen molar-refractivity contribution in [3.05, 3.63) is 40.3 Å². The van der Waals surface area contributed by atoms with Crippen LogP contribution in [0.5, 0.6) is 0 Å². The van der Waals surface area contributed by atoms with E-state index in [9.17, 15) is 0 Å². The van der Waals surface area contributed by atoms with E-state index in [2.05, 4.69) is 130 Å². The van der Waals surface area contributed by atoms with Gasteiger partial charge in [-0.1, -0.05) is 220 Å². The topological polar surface area (TPSA) is 0 Å². The number of aryl methyl sites for hydroxylation is 3. The molecule has 6 aromatic rings. The van der Waals surface area contributed by atoms with Gasteiger partial charge < -0.3 is 0 Å². The van der Waals surface area contributed by atoms with Gasteiger partial charge in [0.15, 0.2) is 0 Å². The summed E-state index contributed by atoms with van der Waals surface area (Å²) in [5, 5.41) is 0. The number of rotatable bonds is 45. The van der Waals surface area contributed by atoms with Gasteiger partial charge >= 0.3 is 234 Å². The number of thiophene rings is 6. The molecule has 0 saturated carbocycles.